The van der Waals surface area contributed by atoms with Crippen LogP contribution in [0.2, 0.25) is 10.0 Å². The fraction of sp³-hybridized carbons (Fsp3) is 0.0625. The number of aromatic nitrogens is 3. The summed E-state index contributed by atoms with van der Waals surface area (Å²) in [6.45, 7) is 0.615. The van der Waals surface area contributed by atoms with Crippen LogP contribution in [0, 0.1) is 0 Å². The van der Waals surface area contributed by atoms with Gasteiger partial charge in [-0.15, -0.1) is 0 Å². The molecule has 7 heteroatoms. The number of nitrogens with zero attached hydrogens (tertiary/aromatic N) is 3. The number of benzene rings is 1. The van der Waals surface area contributed by atoms with Crippen LogP contribution < -0.4 is 10.6 Å². The first-order valence-electron chi connectivity index (χ1n) is 6.88. The number of hydrogen-bond acceptors (Lipinski definition) is 5. The molecule has 0 amide bonds. The van der Waals surface area contributed by atoms with Crippen LogP contribution in [-0.4, -0.2) is 15.0 Å². The van der Waals surface area contributed by atoms with E-state index in [-0.39, 0.29) is 0 Å². The second kappa shape index (κ2) is 7.26. The van der Waals surface area contributed by atoms with Crippen LogP contribution in [0.4, 0.5) is 17.5 Å². The van der Waals surface area contributed by atoms with E-state index in [9.17, 15) is 0 Å². The molecule has 3 aromatic rings. The van der Waals surface area contributed by atoms with Crippen LogP contribution >= 0.6 is 23.2 Å². The Bertz CT molecular complexity index is 795. The molecule has 3 rings (SSSR count). The molecule has 0 aliphatic heterocycles. The van der Waals surface area contributed by atoms with Crippen LogP contribution in [0.3, 0.4) is 0 Å². The van der Waals surface area contributed by atoms with Gasteiger partial charge in [0.15, 0.2) is 0 Å². The number of halogens is 2. The highest BCUT2D eigenvalue weighted by Gasteiger charge is 2.04. The summed E-state index contributed by atoms with van der Waals surface area (Å²) in [5.41, 5.74) is 1.79. The maximum absolute atomic E-state index is 6.14. The molecular formula is C16H13Cl2N5. The second-order valence-corrected chi connectivity index (χ2v) is 5.57. The third-order valence-corrected chi connectivity index (χ3v) is 3.61. The van der Waals surface area contributed by atoms with Gasteiger partial charge in [-0.3, -0.25) is 4.98 Å². The van der Waals surface area contributed by atoms with Gasteiger partial charge < -0.3 is 10.6 Å². The van der Waals surface area contributed by atoms with Gasteiger partial charge in [-0.25, -0.2) is 4.98 Å². The third-order valence-electron chi connectivity index (χ3n) is 3.05. The predicted molar refractivity (Wildman–Crippen MR) is 93.3 cm³/mol. The van der Waals surface area contributed by atoms with Crippen LogP contribution in [0.15, 0.2) is 55.0 Å². The average Bonchev–Trinajstić information content (AvgIpc) is 2.58. The second-order valence-electron chi connectivity index (χ2n) is 4.72. The minimum absolute atomic E-state index is 0.518. The fourth-order valence-electron chi connectivity index (χ4n) is 1.93. The number of hydrogen-bond donors (Lipinski definition) is 2. The maximum atomic E-state index is 6.14. The van der Waals surface area contributed by atoms with Crippen molar-refractivity contribution in [3.8, 4) is 0 Å². The first-order valence-corrected chi connectivity index (χ1v) is 7.64. The molecule has 2 aromatic heterocycles. The number of anilines is 3. The monoisotopic (exact) mass is 345 g/mol. The highest BCUT2D eigenvalue weighted by molar-refractivity contribution is 6.35. The molecule has 116 valence electrons. The van der Waals surface area contributed by atoms with Crippen molar-refractivity contribution in [3.63, 3.8) is 0 Å². The van der Waals surface area contributed by atoms with Gasteiger partial charge in [0.05, 0.1) is 10.7 Å². The van der Waals surface area contributed by atoms with Crippen molar-refractivity contribution in [2.24, 2.45) is 0 Å². The van der Waals surface area contributed by atoms with Crippen molar-refractivity contribution in [2.45, 2.75) is 6.54 Å². The van der Waals surface area contributed by atoms with E-state index in [0.717, 1.165) is 5.56 Å². The molecule has 0 aliphatic carbocycles. The average molecular weight is 346 g/mol. The van der Waals surface area contributed by atoms with E-state index in [4.69, 9.17) is 23.2 Å². The molecule has 1 aromatic carbocycles. The molecule has 2 N–H and O–H groups in total. The molecule has 0 saturated carbocycles. The van der Waals surface area contributed by atoms with Crippen LogP contribution in [0.25, 0.3) is 0 Å². The molecule has 0 aliphatic rings. The number of pyridine rings is 1. The van der Waals surface area contributed by atoms with Gasteiger partial charge in [0.25, 0.3) is 0 Å². The highest BCUT2D eigenvalue weighted by Crippen LogP contribution is 2.27. The molecule has 5 nitrogen and oxygen atoms in total. The highest BCUT2D eigenvalue weighted by atomic mass is 35.5. The van der Waals surface area contributed by atoms with Crippen molar-refractivity contribution < 1.29 is 0 Å². The molecular weight excluding hydrogens is 333 g/mol. The first kappa shape index (κ1) is 15.5. The number of nitrogens with one attached hydrogen (secondary N) is 2. The Morgan fingerprint density at radius 1 is 0.957 bits per heavy atom. The zero-order valence-electron chi connectivity index (χ0n) is 12.0. The van der Waals surface area contributed by atoms with Gasteiger partial charge in [0.2, 0.25) is 5.95 Å². The van der Waals surface area contributed by atoms with E-state index < -0.39 is 0 Å². The van der Waals surface area contributed by atoms with Gasteiger partial charge in [0.1, 0.15) is 5.82 Å². The Morgan fingerprint density at radius 2 is 1.78 bits per heavy atom. The predicted octanol–water partition coefficient (Wildman–Crippen LogP) is 4.53. The first-order chi connectivity index (χ1) is 11.2. The van der Waals surface area contributed by atoms with E-state index in [1.807, 2.05) is 12.1 Å². The summed E-state index contributed by atoms with van der Waals surface area (Å²) in [7, 11) is 0. The fourth-order valence-corrected chi connectivity index (χ4v) is 2.26. The Morgan fingerprint density at radius 3 is 2.61 bits per heavy atom. The minimum atomic E-state index is 0.518. The van der Waals surface area contributed by atoms with E-state index >= 15 is 0 Å². The Labute approximate surface area is 143 Å². The van der Waals surface area contributed by atoms with Crippen molar-refractivity contribution in [3.05, 3.63) is 70.6 Å². The molecule has 0 radical (unpaired) electrons. The molecule has 0 bridgehead atoms. The lowest BCUT2D eigenvalue weighted by atomic mass is 10.3. The molecule has 0 saturated heterocycles. The van der Waals surface area contributed by atoms with E-state index in [1.165, 1.54) is 0 Å². The molecule has 0 unspecified atom stereocenters. The van der Waals surface area contributed by atoms with E-state index in [0.29, 0.717) is 34.0 Å². The summed E-state index contributed by atoms with van der Waals surface area (Å²) in [5.74, 6) is 1.14. The van der Waals surface area contributed by atoms with Crippen LogP contribution in [0.5, 0.6) is 0 Å². The van der Waals surface area contributed by atoms with Gasteiger partial charge in [-0.05, 0) is 42.0 Å². The van der Waals surface area contributed by atoms with Crippen molar-refractivity contribution >= 4 is 40.7 Å². The number of rotatable bonds is 5. The largest absolute Gasteiger partial charge is 0.350 e. The van der Waals surface area contributed by atoms with Crippen molar-refractivity contribution in [2.75, 3.05) is 10.6 Å². The quantitative estimate of drug-likeness (QED) is 0.710. The Kier molecular flexibility index (Phi) is 4.90. The molecule has 2 heterocycles. The lowest BCUT2D eigenvalue weighted by Crippen LogP contribution is -2.05. The van der Waals surface area contributed by atoms with Crippen LogP contribution in [-0.2, 0) is 6.54 Å². The van der Waals surface area contributed by atoms with Gasteiger partial charge in [-0.2, -0.15) is 4.98 Å². The summed E-state index contributed by atoms with van der Waals surface area (Å²) in [4.78, 5) is 12.6. The van der Waals surface area contributed by atoms with Crippen molar-refractivity contribution in [1.29, 1.82) is 0 Å². The lowest BCUT2D eigenvalue weighted by molar-refractivity contribution is 1.05. The minimum Gasteiger partial charge on any atom is -0.350 e. The van der Waals surface area contributed by atoms with Gasteiger partial charge in [-0.1, -0.05) is 23.2 Å². The summed E-state index contributed by atoms with van der Waals surface area (Å²) in [6, 6.07) is 10.8. The zero-order chi connectivity index (χ0) is 16.1. The zero-order valence-corrected chi connectivity index (χ0v) is 13.5. The molecule has 0 fully saturated rings. The Hall–Kier alpha value is -2.37. The topological polar surface area (TPSA) is 62.7 Å². The Balaban J connectivity index is 1.71. The normalized spacial score (nSPS) is 10.3. The smallest absolute Gasteiger partial charge is 0.224 e. The molecule has 0 spiro atoms. The maximum Gasteiger partial charge on any atom is 0.224 e. The molecule has 23 heavy (non-hydrogen) atoms. The molecule has 0 atom stereocenters. The summed E-state index contributed by atoms with van der Waals surface area (Å²) < 4.78 is 0. The van der Waals surface area contributed by atoms with E-state index in [1.54, 1.807) is 42.9 Å². The van der Waals surface area contributed by atoms with Crippen molar-refractivity contribution in [1.82, 2.24) is 15.0 Å². The van der Waals surface area contributed by atoms with E-state index in [2.05, 4.69) is 25.6 Å². The summed E-state index contributed by atoms with van der Waals surface area (Å²) in [5, 5.41) is 7.47. The standard InChI is InChI=1S/C16H13Cl2N5/c17-12-1-2-13(18)14(9-12)22-15-5-8-20-16(23-15)21-10-11-3-6-19-7-4-11/h1-9H,10H2,(H2,20,21,22,23). The SMILES string of the molecule is Clc1ccc(Cl)c(Nc2ccnc(NCc3ccncc3)n2)c1. The third kappa shape index (κ3) is 4.31. The lowest BCUT2D eigenvalue weighted by Gasteiger charge is -2.10. The van der Waals surface area contributed by atoms with Crippen LogP contribution in [0.1, 0.15) is 5.56 Å². The summed E-state index contributed by atoms with van der Waals surface area (Å²) in [6.07, 6.45) is 5.16. The summed E-state index contributed by atoms with van der Waals surface area (Å²) >= 11 is 12.1. The van der Waals surface area contributed by atoms with Gasteiger partial charge in [0, 0.05) is 30.2 Å². The van der Waals surface area contributed by atoms with Gasteiger partial charge >= 0.3 is 0 Å².